The van der Waals surface area contributed by atoms with E-state index in [1.165, 1.54) is 0 Å². The number of halogens is 13. The third kappa shape index (κ3) is 20200. The molecule has 0 aromatic heterocycles. The van der Waals surface area contributed by atoms with Gasteiger partial charge in [0.2, 0.25) is 0 Å². The van der Waals surface area contributed by atoms with Gasteiger partial charge in [0, 0.05) is 0 Å². The Hall–Kier alpha value is 0.411. The van der Waals surface area contributed by atoms with Gasteiger partial charge in [-0.3, -0.25) is 0 Å². The Morgan fingerprint density at radius 2 is 0.412 bits per heavy atom. The van der Waals surface area contributed by atoms with E-state index in [0.717, 1.165) is 0 Å². The van der Waals surface area contributed by atoms with Crippen LogP contribution in [-0.2, 0) is 0 Å². The van der Waals surface area contributed by atoms with Crippen molar-refractivity contribution in [3.63, 3.8) is 0 Å². The molecule has 0 N–H and O–H groups in total. The maximum absolute atomic E-state index is 9.75. The molecule has 0 rings (SSSR count). The summed E-state index contributed by atoms with van der Waals surface area (Å²) in [5, 5.41) is 0. The van der Waals surface area contributed by atoms with Crippen molar-refractivity contribution in [2.24, 2.45) is 0 Å². The van der Waals surface area contributed by atoms with Gasteiger partial charge in [0.05, 0.1) is 0 Å². The van der Waals surface area contributed by atoms with E-state index in [0.29, 0.717) is 0 Å². The van der Waals surface area contributed by atoms with Crippen molar-refractivity contribution in [2.75, 3.05) is 0 Å². The molecular weight excluding hydrogens is 320 g/mol. The molecule has 0 atom stereocenters. The number of rotatable bonds is 0. The summed E-state index contributed by atoms with van der Waals surface area (Å²) in [6.07, 6.45) is 0. The third-order valence-electron chi connectivity index (χ3n) is 0. The standard InChI is InChI=1S/3BF4.ClH.Mg.2H/c3*2-1(3,4)5;;;;/h;;;1H;;;/q3*-1;;+2;2*-1. The van der Waals surface area contributed by atoms with Crippen LogP contribution in [0.1, 0.15) is 2.85 Å². The molecule has 0 aliphatic heterocycles. The van der Waals surface area contributed by atoms with Crippen LogP contribution in [0.15, 0.2) is 0 Å². The predicted octanol–water partition coefficient (Wildman–Crippen LogP) is 4.17. The summed E-state index contributed by atoms with van der Waals surface area (Å²) in [5.74, 6) is 0. The largest absolute Gasteiger partial charge is 2.00 e. The summed E-state index contributed by atoms with van der Waals surface area (Å²) >= 11 is 0. The fraction of sp³-hybridized carbons (Fsp3) is 0. The summed E-state index contributed by atoms with van der Waals surface area (Å²) in [4.78, 5) is 0. The van der Waals surface area contributed by atoms with E-state index in [1.54, 1.807) is 0 Å². The second-order valence-electron chi connectivity index (χ2n) is 1.48. The van der Waals surface area contributed by atoms with Crippen LogP contribution in [-0.4, -0.2) is 44.8 Å². The Morgan fingerprint density at radius 3 is 0.412 bits per heavy atom. The monoisotopic (exact) mass is 323 g/mol. The summed E-state index contributed by atoms with van der Waals surface area (Å²) < 4.78 is 117. The zero-order valence-electron chi connectivity index (χ0n) is 9.38. The molecule has 0 heterocycles. The summed E-state index contributed by atoms with van der Waals surface area (Å²) in [5.41, 5.74) is 0. The van der Waals surface area contributed by atoms with E-state index in [1.807, 2.05) is 0 Å². The SMILES string of the molecule is Cl.F[B-](F)(F)F.F[B-](F)(F)F.F[B-](F)(F)F.[H-].[H-].[Mg+2]. The minimum absolute atomic E-state index is 0. The summed E-state index contributed by atoms with van der Waals surface area (Å²) in [6, 6.07) is 0. The molecule has 0 spiro atoms. The molecule has 0 aliphatic carbocycles. The predicted molar refractivity (Wildman–Crippen MR) is 45.8 cm³/mol. The van der Waals surface area contributed by atoms with Crippen LogP contribution in [0.4, 0.5) is 51.8 Å². The van der Waals surface area contributed by atoms with Crippen LogP contribution in [0.5, 0.6) is 0 Å². The van der Waals surface area contributed by atoms with Crippen LogP contribution >= 0.6 is 12.4 Å². The van der Waals surface area contributed by atoms with E-state index in [-0.39, 0.29) is 38.3 Å². The first kappa shape index (κ1) is 30.4. The summed E-state index contributed by atoms with van der Waals surface area (Å²) in [7, 11) is -18.0. The maximum atomic E-state index is 9.75. The van der Waals surface area contributed by atoms with Crippen molar-refractivity contribution in [3.05, 3.63) is 0 Å². The van der Waals surface area contributed by atoms with Crippen molar-refractivity contribution in [1.82, 2.24) is 0 Å². The van der Waals surface area contributed by atoms with Crippen LogP contribution < -0.4 is 0 Å². The second-order valence-corrected chi connectivity index (χ2v) is 1.48. The van der Waals surface area contributed by atoms with E-state index in [4.69, 9.17) is 0 Å². The van der Waals surface area contributed by atoms with Crippen molar-refractivity contribution in [3.8, 4) is 0 Å². The molecule has 0 aliphatic rings. The molecule has 0 radical (unpaired) electrons. The third-order valence-corrected chi connectivity index (χ3v) is 0. The van der Waals surface area contributed by atoms with Crippen molar-refractivity contribution < 1.29 is 54.6 Å². The van der Waals surface area contributed by atoms with E-state index < -0.39 is 21.8 Å². The number of hydrogen-bond acceptors (Lipinski definition) is 0. The molecule has 0 fully saturated rings. The molecule has 0 aromatic carbocycles. The molecule has 0 saturated carbocycles. The van der Waals surface area contributed by atoms with Gasteiger partial charge in [0.15, 0.2) is 0 Å². The molecule has 0 bridgehead atoms. The van der Waals surface area contributed by atoms with Gasteiger partial charge in [-0.2, -0.15) is 0 Å². The fourth-order valence-corrected chi connectivity index (χ4v) is 0. The van der Waals surface area contributed by atoms with E-state index in [9.17, 15) is 51.8 Å². The van der Waals surface area contributed by atoms with Crippen molar-refractivity contribution in [1.29, 1.82) is 0 Å². The van der Waals surface area contributed by atoms with Gasteiger partial charge in [-0.1, -0.05) is 0 Å². The first-order valence-electron chi connectivity index (χ1n) is 2.62. The Bertz CT molecular complexity index is 106. The molecular formula is H3B3ClF12Mg-3. The first-order chi connectivity index (χ1) is 6.00. The minimum atomic E-state index is -6.00. The van der Waals surface area contributed by atoms with Gasteiger partial charge in [-0.15, -0.1) is 12.4 Å². The maximum Gasteiger partial charge on any atom is 2.00 e. The molecule has 0 unspecified atom stereocenters. The second kappa shape index (κ2) is 11.5. The normalized spacial score (nSPS) is 10.6. The molecule has 17 heavy (non-hydrogen) atoms. The molecule has 0 amide bonds. The van der Waals surface area contributed by atoms with Gasteiger partial charge in [0.25, 0.3) is 0 Å². The Morgan fingerprint density at radius 1 is 0.412 bits per heavy atom. The molecule has 0 aromatic rings. The smallest absolute Gasteiger partial charge is 1.00 e. The first-order valence-corrected chi connectivity index (χ1v) is 2.62. The summed E-state index contributed by atoms with van der Waals surface area (Å²) in [6.45, 7) is 0. The number of hydrogen-bond donors (Lipinski definition) is 0. The average Bonchev–Trinajstić information content (AvgIpc) is 1.41. The Kier molecular flexibility index (Phi) is 20.6. The van der Waals surface area contributed by atoms with Crippen molar-refractivity contribution >= 4 is 57.2 Å². The fourth-order valence-electron chi connectivity index (χ4n) is 0. The van der Waals surface area contributed by atoms with Crippen LogP contribution in [0.2, 0.25) is 0 Å². The molecule has 108 valence electrons. The van der Waals surface area contributed by atoms with Gasteiger partial charge >= 0.3 is 44.8 Å². The van der Waals surface area contributed by atoms with Crippen LogP contribution in [0.25, 0.3) is 0 Å². The Labute approximate surface area is 112 Å². The molecule has 0 saturated heterocycles. The van der Waals surface area contributed by atoms with E-state index in [2.05, 4.69) is 0 Å². The van der Waals surface area contributed by atoms with Gasteiger partial charge in [-0.05, 0) is 0 Å². The Balaban J connectivity index is -0.0000000206. The quantitative estimate of drug-likeness (QED) is 0.464. The van der Waals surface area contributed by atoms with Gasteiger partial charge in [0.1, 0.15) is 0 Å². The van der Waals surface area contributed by atoms with Crippen LogP contribution in [0, 0.1) is 0 Å². The average molecular weight is 323 g/mol. The molecule has 0 nitrogen and oxygen atoms in total. The van der Waals surface area contributed by atoms with E-state index >= 15 is 0 Å². The molecule has 17 heteroatoms. The van der Waals surface area contributed by atoms with Gasteiger partial charge < -0.3 is 54.6 Å². The topological polar surface area (TPSA) is 0 Å². The minimum Gasteiger partial charge on any atom is -1.00 e. The zero-order chi connectivity index (χ0) is 13.5. The zero-order valence-corrected chi connectivity index (χ0v) is 9.61. The van der Waals surface area contributed by atoms with Gasteiger partial charge in [-0.25, -0.2) is 0 Å². The van der Waals surface area contributed by atoms with Crippen molar-refractivity contribution in [2.45, 2.75) is 0 Å². The van der Waals surface area contributed by atoms with Crippen LogP contribution in [0.3, 0.4) is 0 Å².